The third-order valence-electron chi connectivity index (χ3n) is 2.65. The first-order valence-corrected chi connectivity index (χ1v) is 5.45. The number of nitrogen functional groups attached to an aromatic ring is 1. The van der Waals surface area contributed by atoms with Gasteiger partial charge in [0.05, 0.1) is 23.0 Å². The summed E-state index contributed by atoms with van der Waals surface area (Å²) in [6.07, 6.45) is 0. The molecule has 2 rings (SSSR count). The summed E-state index contributed by atoms with van der Waals surface area (Å²) in [5.41, 5.74) is 4.19. The van der Waals surface area contributed by atoms with Crippen molar-refractivity contribution in [3.63, 3.8) is 0 Å². The van der Waals surface area contributed by atoms with E-state index in [1.54, 1.807) is 6.07 Å². The van der Waals surface area contributed by atoms with Crippen molar-refractivity contribution in [3.05, 3.63) is 52.8 Å². The molecule has 0 aliphatic heterocycles. The van der Waals surface area contributed by atoms with Gasteiger partial charge in [-0.3, -0.25) is 0 Å². The van der Waals surface area contributed by atoms with E-state index in [4.69, 9.17) is 11.0 Å². The summed E-state index contributed by atoms with van der Waals surface area (Å²) in [6.45, 7) is 0. The highest BCUT2D eigenvalue weighted by molar-refractivity contribution is 5.74. The fraction of sp³-hybridized carbons (Fsp3) is 0. The molecule has 3 N–H and O–H groups in total. The van der Waals surface area contributed by atoms with Gasteiger partial charge in [0.25, 0.3) is 0 Å². The minimum atomic E-state index is -2.26. The average molecular weight is 299 g/mol. The predicted molar refractivity (Wildman–Crippen MR) is 65.1 cm³/mol. The smallest absolute Gasteiger partial charge is 0.200 e. The number of nitriles is 1. The van der Waals surface area contributed by atoms with Gasteiger partial charge in [0.2, 0.25) is 5.82 Å². The second-order valence-electron chi connectivity index (χ2n) is 3.98. The Balaban J connectivity index is 2.58. The molecule has 0 fully saturated rings. The Labute approximate surface area is 115 Å². The summed E-state index contributed by atoms with van der Waals surface area (Å²) in [4.78, 5) is 0. The molecule has 0 atom stereocenters. The molecule has 8 heteroatoms. The number of nitrogens with zero attached hydrogens (tertiary/aromatic N) is 1. The lowest BCUT2D eigenvalue weighted by molar-refractivity contribution is 0.382. The molecule has 0 unspecified atom stereocenters. The van der Waals surface area contributed by atoms with E-state index in [-0.39, 0.29) is 16.9 Å². The number of rotatable bonds is 2. The van der Waals surface area contributed by atoms with E-state index >= 15 is 0 Å². The molecule has 0 aromatic heterocycles. The van der Waals surface area contributed by atoms with Gasteiger partial charge in [0.15, 0.2) is 23.3 Å². The van der Waals surface area contributed by atoms with Gasteiger partial charge in [-0.15, -0.1) is 0 Å². The van der Waals surface area contributed by atoms with Crippen LogP contribution in [-0.4, -0.2) is 0 Å². The zero-order valence-corrected chi connectivity index (χ0v) is 10.1. The molecule has 2 aromatic carbocycles. The highest BCUT2D eigenvalue weighted by Crippen LogP contribution is 2.31. The van der Waals surface area contributed by atoms with Crippen LogP contribution in [-0.2, 0) is 0 Å². The van der Waals surface area contributed by atoms with Crippen LogP contribution in [0.4, 0.5) is 39.0 Å². The van der Waals surface area contributed by atoms with Gasteiger partial charge in [-0.2, -0.15) is 5.26 Å². The van der Waals surface area contributed by atoms with Crippen LogP contribution >= 0.6 is 0 Å². The summed E-state index contributed by atoms with van der Waals surface area (Å²) in [5.74, 6) is -10.5. The quantitative estimate of drug-likeness (QED) is 0.385. The molecule has 0 saturated carbocycles. The number of benzene rings is 2. The lowest BCUT2D eigenvalue weighted by atomic mass is 10.1. The Kier molecular flexibility index (Phi) is 3.67. The lowest BCUT2D eigenvalue weighted by Crippen LogP contribution is -2.08. The standard InChI is InChI=1S/C13H6F5N3/c14-8-9(15)11(17)13(12(18)10(8)16)21-7-3-5(4-19)1-2-6(7)20/h1-3,21H,20H2. The molecule has 0 bridgehead atoms. The second-order valence-corrected chi connectivity index (χ2v) is 3.98. The van der Waals surface area contributed by atoms with Crippen LogP contribution in [0.15, 0.2) is 18.2 Å². The first kappa shape index (κ1) is 14.6. The SMILES string of the molecule is N#Cc1ccc(N)c(Nc2c(F)c(F)c(F)c(F)c2F)c1. The van der Waals surface area contributed by atoms with E-state index in [0.717, 1.165) is 6.07 Å². The molecule has 0 heterocycles. The van der Waals surface area contributed by atoms with E-state index in [0.29, 0.717) is 0 Å². The number of nitrogens with two attached hydrogens (primary N) is 1. The summed E-state index contributed by atoms with van der Waals surface area (Å²) in [5, 5.41) is 10.7. The maximum absolute atomic E-state index is 13.5. The highest BCUT2D eigenvalue weighted by atomic mass is 19.2. The van der Waals surface area contributed by atoms with Gasteiger partial charge in [0, 0.05) is 0 Å². The zero-order valence-electron chi connectivity index (χ0n) is 10.1. The summed E-state index contributed by atoms with van der Waals surface area (Å²) in [7, 11) is 0. The molecule has 108 valence electrons. The average Bonchev–Trinajstić information content (AvgIpc) is 2.49. The van der Waals surface area contributed by atoms with Crippen LogP contribution in [0, 0.1) is 40.4 Å². The molecule has 0 aliphatic rings. The number of halogens is 5. The van der Waals surface area contributed by atoms with Gasteiger partial charge >= 0.3 is 0 Å². The molecule has 0 aliphatic carbocycles. The molecule has 0 spiro atoms. The fourth-order valence-electron chi connectivity index (χ4n) is 1.58. The fourth-order valence-corrected chi connectivity index (χ4v) is 1.58. The van der Waals surface area contributed by atoms with Crippen molar-refractivity contribution in [3.8, 4) is 6.07 Å². The molecule has 0 saturated heterocycles. The van der Waals surface area contributed by atoms with Crippen molar-refractivity contribution < 1.29 is 22.0 Å². The van der Waals surface area contributed by atoms with Gasteiger partial charge in [0.1, 0.15) is 5.69 Å². The van der Waals surface area contributed by atoms with Crippen molar-refractivity contribution >= 4 is 17.1 Å². The van der Waals surface area contributed by atoms with Crippen LogP contribution in [0.25, 0.3) is 0 Å². The largest absolute Gasteiger partial charge is 0.397 e. The molecule has 21 heavy (non-hydrogen) atoms. The Morgan fingerprint density at radius 3 is 1.95 bits per heavy atom. The molecule has 3 nitrogen and oxygen atoms in total. The monoisotopic (exact) mass is 299 g/mol. The minimum absolute atomic E-state index is 0.0297. The zero-order chi connectivity index (χ0) is 15.7. The number of hydrogen-bond acceptors (Lipinski definition) is 3. The van der Waals surface area contributed by atoms with E-state index in [1.807, 2.05) is 5.32 Å². The summed E-state index contributed by atoms with van der Waals surface area (Å²) < 4.78 is 66.1. The van der Waals surface area contributed by atoms with E-state index < -0.39 is 34.8 Å². The minimum Gasteiger partial charge on any atom is -0.397 e. The van der Waals surface area contributed by atoms with Gasteiger partial charge in [-0.1, -0.05) is 0 Å². The van der Waals surface area contributed by atoms with E-state index in [2.05, 4.69) is 0 Å². The third kappa shape index (κ3) is 2.45. The first-order chi connectivity index (χ1) is 9.86. The topological polar surface area (TPSA) is 61.8 Å². The van der Waals surface area contributed by atoms with Crippen LogP contribution in [0.3, 0.4) is 0 Å². The van der Waals surface area contributed by atoms with Crippen LogP contribution < -0.4 is 11.1 Å². The Morgan fingerprint density at radius 2 is 1.43 bits per heavy atom. The maximum Gasteiger partial charge on any atom is 0.200 e. The van der Waals surface area contributed by atoms with Gasteiger partial charge < -0.3 is 11.1 Å². The predicted octanol–water partition coefficient (Wildman–Crippen LogP) is 3.58. The Hall–Kier alpha value is -2.82. The second kappa shape index (κ2) is 5.28. The molecular weight excluding hydrogens is 293 g/mol. The summed E-state index contributed by atoms with van der Waals surface area (Å²) in [6, 6.07) is 5.46. The first-order valence-electron chi connectivity index (χ1n) is 5.45. The van der Waals surface area contributed by atoms with Crippen molar-refractivity contribution in [2.24, 2.45) is 0 Å². The lowest BCUT2D eigenvalue weighted by Gasteiger charge is -2.12. The molecule has 0 radical (unpaired) electrons. The maximum atomic E-state index is 13.5. The molecule has 2 aromatic rings. The van der Waals surface area contributed by atoms with Crippen LogP contribution in [0.2, 0.25) is 0 Å². The van der Waals surface area contributed by atoms with Gasteiger partial charge in [-0.05, 0) is 18.2 Å². The van der Waals surface area contributed by atoms with Gasteiger partial charge in [-0.25, -0.2) is 22.0 Å². The van der Waals surface area contributed by atoms with Crippen LogP contribution in [0.1, 0.15) is 5.56 Å². The summed E-state index contributed by atoms with van der Waals surface area (Å²) >= 11 is 0. The number of anilines is 3. The Bertz CT molecular complexity index is 738. The molecular formula is C13H6F5N3. The third-order valence-corrected chi connectivity index (χ3v) is 2.65. The van der Waals surface area contributed by atoms with Crippen molar-refractivity contribution in [1.82, 2.24) is 0 Å². The van der Waals surface area contributed by atoms with Crippen molar-refractivity contribution in [2.45, 2.75) is 0 Å². The van der Waals surface area contributed by atoms with E-state index in [1.165, 1.54) is 12.1 Å². The van der Waals surface area contributed by atoms with Crippen LogP contribution in [0.5, 0.6) is 0 Å². The van der Waals surface area contributed by atoms with Crippen molar-refractivity contribution in [2.75, 3.05) is 11.1 Å². The van der Waals surface area contributed by atoms with Crippen molar-refractivity contribution in [1.29, 1.82) is 5.26 Å². The molecule has 0 amide bonds. The highest BCUT2D eigenvalue weighted by Gasteiger charge is 2.26. The Morgan fingerprint density at radius 1 is 0.905 bits per heavy atom. The normalized spacial score (nSPS) is 10.3. The number of hydrogen-bond donors (Lipinski definition) is 2. The van der Waals surface area contributed by atoms with E-state index in [9.17, 15) is 22.0 Å². The number of nitrogens with one attached hydrogen (secondary N) is 1.